The smallest absolute Gasteiger partial charge is 0.230 e. The minimum absolute atomic E-state index is 0.105. The van der Waals surface area contributed by atoms with Crippen LogP contribution in [0.25, 0.3) is 11.4 Å². The van der Waals surface area contributed by atoms with Gasteiger partial charge < -0.3 is 14.8 Å². The molecule has 1 fully saturated rings. The quantitative estimate of drug-likeness (QED) is 0.477. The van der Waals surface area contributed by atoms with Crippen molar-refractivity contribution in [2.24, 2.45) is 0 Å². The number of benzene rings is 2. The Balaban J connectivity index is 1.43. The molecule has 0 spiro atoms. The average molecular weight is 471 g/mol. The molecule has 0 saturated carbocycles. The second-order valence-electron chi connectivity index (χ2n) is 7.93. The summed E-state index contributed by atoms with van der Waals surface area (Å²) in [5, 5.41) is 12.3. The third-order valence-electron chi connectivity index (χ3n) is 5.52. The Hall–Kier alpha value is -2.91. The van der Waals surface area contributed by atoms with Gasteiger partial charge in [0.25, 0.3) is 0 Å². The van der Waals surface area contributed by atoms with Crippen molar-refractivity contribution in [1.82, 2.24) is 20.1 Å². The van der Waals surface area contributed by atoms with Crippen molar-refractivity contribution in [2.75, 3.05) is 19.5 Å². The number of rotatable bonds is 9. The fourth-order valence-electron chi connectivity index (χ4n) is 3.70. The van der Waals surface area contributed by atoms with Crippen LogP contribution in [0.4, 0.5) is 4.39 Å². The van der Waals surface area contributed by atoms with Crippen LogP contribution in [-0.2, 0) is 22.6 Å². The van der Waals surface area contributed by atoms with Crippen LogP contribution >= 0.6 is 11.8 Å². The molecule has 1 aliphatic rings. The maximum absolute atomic E-state index is 13.4. The lowest BCUT2D eigenvalue weighted by atomic mass is 10.1. The van der Waals surface area contributed by atoms with E-state index >= 15 is 0 Å². The van der Waals surface area contributed by atoms with Crippen molar-refractivity contribution in [2.45, 2.75) is 44.1 Å². The fourth-order valence-corrected chi connectivity index (χ4v) is 4.48. The minimum atomic E-state index is -0.251. The summed E-state index contributed by atoms with van der Waals surface area (Å²) in [5.74, 6) is 1.33. The molecule has 1 aliphatic heterocycles. The van der Waals surface area contributed by atoms with Crippen LogP contribution in [0.3, 0.4) is 0 Å². The molecule has 1 amide bonds. The normalized spacial score (nSPS) is 15.5. The number of nitrogens with zero attached hydrogens (tertiary/aromatic N) is 3. The standard InChI is InChI=1S/C24H27FN4O3S/c1-16-12-17(5-10-21(16)25)13-26-22(30)15-33-24-28-27-23(18-6-8-19(31-2)9-7-18)29(24)14-20-4-3-11-32-20/h5-10,12,20H,3-4,11,13-15H2,1-2H3,(H,26,30). The Labute approximate surface area is 196 Å². The topological polar surface area (TPSA) is 78.3 Å². The van der Waals surface area contributed by atoms with Gasteiger partial charge in [-0.3, -0.25) is 9.36 Å². The highest BCUT2D eigenvalue weighted by Crippen LogP contribution is 2.27. The van der Waals surface area contributed by atoms with Crippen LogP contribution < -0.4 is 10.1 Å². The first-order valence-corrected chi connectivity index (χ1v) is 11.9. The lowest BCUT2D eigenvalue weighted by molar-refractivity contribution is -0.118. The van der Waals surface area contributed by atoms with E-state index in [0.29, 0.717) is 23.8 Å². The van der Waals surface area contributed by atoms with Crippen molar-refractivity contribution in [1.29, 1.82) is 0 Å². The van der Waals surface area contributed by atoms with Crippen molar-refractivity contribution >= 4 is 17.7 Å². The summed E-state index contributed by atoms with van der Waals surface area (Å²) in [6.45, 7) is 3.45. The number of carbonyl (C=O) groups is 1. The van der Waals surface area contributed by atoms with Gasteiger partial charge >= 0.3 is 0 Å². The highest BCUT2D eigenvalue weighted by atomic mass is 32.2. The van der Waals surface area contributed by atoms with E-state index in [-0.39, 0.29) is 23.6 Å². The molecule has 2 heterocycles. The Morgan fingerprint density at radius 1 is 1.27 bits per heavy atom. The van der Waals surface area contributed by atoms with E-state index in [2.05, 4.69) is 15.5 Å². The van der Waals surface area contributed by atoms with Crippen LogP contribution in [0.2, 0.25) is 0 Å². The molecule has 174 valence electrons. The van der Waals surface area contributed by atoms with Gasteiger partial charge in [-0.15, -0.1) is 10.2 Å². The summed E-state index contributed by atoms with van der Waals surface area (Å²) in [6.07, 6.45) is 2.13. The zero-order chi connectivity index (χ0) is 23.2. The van der Waals surface area contributed by atoms with Crippen molar-refractivity contribution in [3.8, 4) is 17.1 Å². The van der Waals surface area contributed by atoms with Gasteiger partial charge in [0.1, 0.15) is 11.6 Å². The summed E-state index contributed by atoms with van der Waals surface area (Å²) in [5.41, 5.74) is 2.34. The molecule has 1 aromatic heterocycles. The predicted molar refractivity (Wildman–Crippen MR) is 125 cm³/mol. The zero-order valence-electron chi connectivity index (χ0n) is 18.7. The van der Waals surface area contributed by atoms with Gasteiger partial charge in [-0.05, 0) is 61.2 Å². The highest BCUT2D eigenvalue weighted by molar-refractivity contribution is 7.99. The number of carbonyl (C=O) groups excluding carboxylic acids is 1. The van der Waals surface area contributed by atoms with E-state index < -0.39 is 0 Å². The van der Waals surface area contributed by atoms with Gasteiger partial charge in [0, 0.05) is 18.7 Å². The Kier molecular flexibility index (Phi) is 7.61. The summed E-state index contributed by atoms with van der Waals surface area (Å²) < 4.78 is 26.5. The van der Waals surface area contributed by atoms with Crippen molar-refractivity contribution in [3.63, 3.8) is 0 Å². The SMILES string of the molecule is COc1ccc(-c2nnc(SCC(=O)NCc3ccc(F)c(C)c3)n2CC2CCCO2)cc1. The van der Waals surface area contributed by atoms with E-state index in [1.165, 1.54) is 17.8 Å². The third kappa shape index (κ3) is 5.91. The van der Waals surface area contributed by atoms with Gasteiger partial charge in [-0.1, -0.05) is 23.9 Å². The summed E-state index contributed by atoms with van der Waals surface area (Å²) in [4.78, 5) is 12.4. The lowest BCUT2D eigenvalue weighted by Gasteiger charge is -2.15. The van der Waals surface area contributed by atoms with Crippen LogP contribution in [0.1, 0.15) is 24.0 Å². The highest BCUT2D eigenvalue weighted by Gasteiger charge is 2.22. The number of aryl methyl sites for hydroxylation is 1. The minimum Gasteiger partial charge on any atom is -0.497 e. The number of nitrogens with one attached hydrogen (secondary N) is 1. The number of thioether (sulfide) groups is 1. The van der Waals surface area contributed by atoms with E-state index in [1.54, 1.807) is 26.2 Å². The average Bonchev–Trinajstić information content (AvgIpc) is 3.49. The molecule has 1 N–H and O–H groups in total. The van der Waals surface area contributed by atoms with E-state index in [1.807, 2.05) is 28.8 Å². The lowest BCUT2D eigenvalue weighted by Crippen LogP contribution is -2.25. The predicted octanol–water partition coefficient (Wildman–Crippen LogP) is 3.99. The molecule has 4 rings (SSSR count). The number of hydrogen-bond acceptors (Lipinski definition) is 6. The first kappa shape index (κ1) is 23.3. The Morgan fingerprint density at radius 2 is 2.09 bits per heavy atom. The molecule has 9 heteroatoms. The maximum Gasteiger partial charge on any atom is 0.230 e. The molecule has 2 aromatic carbocycles. The fraction of sp³-hybridized carbons (Fsp3) is 0.375. The van der Waals surface area contributed by atoms with Gasteiger partial charge in [0.15, 0.2) is 11.0 Å². The van der Waals surface area contributed by atoms with Crippen molar-refractivity contribution < 1.29 is 18.7 Å². The molecule has 0 bridgehead atoms. The monoisotopic (exact) mass is 470 g/mol. The summed E-state index contributed by atoms with van der Waals surface area (Å²) >= 11 is 1.34. The van der Waals surface area contributed by atoms with E-state index in [4.69, 9.17) is 9.47 Å². The molecule has 33 heavy (non-hydrogen) atoms. The molecule has 1 saturated heterocycles. The van der Waals surface area contributed by atoms with Gasteiger partial charge in [-0.2, -0.15) is 0 Å². The second-order valence-corrected chi connectivity index (χ2v) is 8.87. The molecule has 7 nitrogen and oxygen atoms in total. The molecular weight excluding hydrogens is 443 g/mol. The largest absolute Gasteiger partial charge is 0.497 e. The number of ether oxygens (including phenoxy) is 2. The molecular formula is C24H27FN4O3S. The molecule has 0 radical (unpaired) electrons. The van der Waals surface area contributed by atoms with Crippen LogP contribution in [0, 0.1) is 12.7 Å². The van der Waals surface area contributed by atoms with Crippen LogP contribution in [-0.4, -0.2) is 46.2 Å². The van der Waals surface area contributed by atoms with E-state index in [0.717, 1.165) is 42.1 Å². The zero-order valence-corrected chi connectivity index (χ0v) is 19.5. The maximum atomic E-state index is 13.4. The number of hydrogen-bond donors (Lipinski definition) is 1. The number of aromatic nitrogens is 3. The molecule has 3 aromatic rings. The summed E-state index contributed by atoms with van der Waals surface area (Å²) in [7, 11) is 1.63. The Bertz CT molecular complexity index is 1100. The van der Waals surface area contributed by atoms with Crippen molar-refractivity contribution in [3.05, 3.63) is 59.4 Å². The molecule has 1 atom stereocenters. The summed E-state index contributed by atoms with van der Waals surface area (Å²) in [6, 6.07) is 12.5. The van der Waals surface area contributed by atoms with Gasteiger partial charge in [0.2, 0.25) is 5.91 Å². The number of amides is 1. The van der Waals surface area contributed by atoms with E-state index in [9.17, 15) is 9.18 Å². The number of methoxy groups -OCH3 is 1. The van der Waals surface area contributed by atoms with Gasteiger partial charge in [0.05, 0.1) is 25.5 Å². The molecule has 1 unspecified atom stereocenters. The number of halogens is 1. The Morgan fingerprint density at radius 3 is 2.79 bits per heavy atom. The van der Waals surface area contributed by atoms with Crippen LogP contribution in [0.5, 0.6) is 5.75 Å². The van der Waals surface area contributed by atoms with Gasteiger partial charge in [-0.25, -0.2) is 4.39 Å². The first-order valence-electron chi connectivity index (χ1n) is 10.9. The van der Waals surface area contributed by atoms with Crippen LogP contribution in [0.15, 0.2) is 47.6 Å². The molecule has 0 aliphatic carbocycles. The second kappa shape index (κ2) is 10.8. The first-order chi connectivity index (χ1) is 16.0. The third-order valence-corrected chi connectivity index (χ3v) is 6.49.